The van der Waals surface area contributed by atoms with Gasteiger partial charge in [-0.3, -0.25) is 0 Å². The monoisotopic (exact) mass is 451 g/mol. The molecule has 0 atom stereocenters. The average molecular weight is 451 g/mol. The molecule has 1 heterocycles. The summed E-state index contributed by atoms with van der Waals surface area (Å²) >= 11 is 0. The van der Waals surface area contributed by atoms with Crippen LogP contribution in [0.1, 0.15) is 33.6 Å². The number of amides is 1. The second-order valence-corrected chi connectivity index (χ2v) is 8.24. The molecule has 176 valence electrons. The van der Waals surface area contributed by atoms with Crippen LogP contribution in [0.3, 0.4) is 0 Å². The molecule has 0 radical (unpaired) electrons. The van der Waals surface area contributed by atoms with Gasteiger partial charge in [-0.2, -0.15) is 0 Å². The minimum atomic E-state index is -0.800. The van der Waals surface area contributed by atoms with Gasteiger partial charge < -0.3 is 29.7 Å². The second-order valence-electron chi connectivity index (χ2n) is 8.24. The van der Waals surface area contributed by atoms with Gasteiger partial charge in [0.15, 0.2) is 0 Å². The maximum atomic E-state index is 14.8. The Morgan fingerprint density at radius 3 is 2.34 bits per heavy atom. The van der Waals surface area contributed by atoms with Crippen LogP contribution in [-0.2, 0) is 23.8 Å². The molecular weight excluding hydrogens is 421 g/mol. The number of carbonyl (C=O) groups excluding carboxylic acids is 3. The number of esters is 2. The van der Waals surface area contributed by atoms with Gasteiger partial charge in [0.1, 0.15) is 17.1 Å². The van der Waals surface area contributed by atoms with Crippen LogP contribution in [0.25, 0.3) is 0 Å². The smallest absolute Gasteiger partial charge is 0.407 e. The van der Waals surface area contributed by atoms with Crippen molar-refractivity contribution in [2.45, 2.75) is 45.3 Å². The standard InChI is InChI=1S/C22H30FN3O6/c1-22(2,3)32-21(29)24-14-9-11-26(12-10-14)19-15(23)7-6-8-16(19)25-17(20(28)31-5)13-18(27)30-4/h6-8,13-14,25H,9-12H2,1-5H3,(H,24,29)/b17-13+. The molecule has 0 unspecified atom stereocenters. The SMILES string of the molecule is COC(=O)/C=C(/Nc1cccc(F)c1N1CCC(NC(=O)OC(C)(C)C)CC1)C(=O)OC. The number of para-hydroxylation sites is 1. The first-order valence-corrected chi connectivity index (χ1v) is 10.2. The molecule has 1 saturated heterocycles. The molecule has 10 heteroatoms. The lowest BCUT2D eigenvalue weighted by atomic mass is 10.0. The van der Waals surface area contributed by atoms with E-state index in [2.05, 4.69) is 15.4 Å². The number of hydrogen-bond acceptors (Lipinski definition) is 8. The van der Waals surface area contributed by atoms with Crippen LogP contribution < -0.4 is 15.5 Å². The summed E-state index contributed by atoms with van der Waals surface area (Å²) in [5.74, 6) is -2.05. The molecule has 1 aliphatic heterocycles. The number of carbonyl (C=O) groups is 3. The van der Waals surface area contributed by atoms with Gasteiger partial charge in [0.25, 0.3) is 0 Å². The van der Waals surface area contributed by atoms with Gasteiger partial charge in [0.05, 0.1) is 31.7 Å². The Hall–Kier alpha value is -3.30. The Bertz CT molecular complexity index is 873. The Morgan fingerprint density at radius 1 is 1.12 bits per heavy atom. The van der Waals surface area contributed by atoms with Crippen molar-refractivity contribution >= 4 is 29.4 Å². The first-order valence-electron chi connectivity index (χ1n) is 10.2. The summed E-state index contributed by atoms with van der Waals surface area (Å²) in [6, 6.07) is 4.30. The van der Waals surface area contributed by atoms with Crippen molar-refractivity contribution in [2.75, 3.05) is 37.5 Å². The molecule has 0 aromatic heterocycles. The maximum absolute atomic E-state index is 14.8. The van der Waals surface area contributed by atoms with E-state index in [1.54, 1.807) is 26.8 Å². The molecule has 0 aliphatic carbocycles. The zero-order valence-corrected chi connectivity index (χ0v) is 19.0. The number of ether oxygens (including phenoxy) is 3. The van der Waals surface area contributed by atoms with Crippen LogP contribution in [0.4, 0.5) is 20.6 Å². The molecule has 1 aromatic rings. The number of anilines is 2. The lowest BCUT2D eigenvalue weighted by molar-refractivity contribution is -0.138. The number of nitrogens with one attached hydrogen (secondary N) is 2. The van der Waals surface area contributed by atoms with Gasteiger partial charge in [-0.25, -0.2) is 18.8 Å². The summed E-state index contributed by atoms with van der Waals surface area (Å²) in [6.07, 6.45) is 1.61. The summed E-state index contributed by atoms with van der Waals surface area (Å²) in [6.45, 7) is 6.30. The Labute approximate surface area is 186 Å². The minimum Gasteiger partial charge on any atom is -0.466 e. The average Bonchev–Trinajstić information content (AvgIpc) is 2.72. The number of benzene rings is 1. The third-order valence-electron chi connectivity index (χ3n) is 4.66. The van der Waals surface area contributed by atoms with Crippen molar-refractivity contribution in [1.82, 2.24) is 5.32 Å². The zero-order chi connectivity index (χ0) is 23.9. The maximum Gasteiger partial charge on any atom is 0.407 e. The Kier molecular flexibility index (Phi) is 8.45. The summed E-state index contributed by atoms with van der Waals surface area (Å²) in [5, 5.41) is 5.63. The van der Waals surface area contributed by atoms with Crippen LogP contribution in [0.15, 0.2) is 30.0 Å². The molecule has 1 aliphatic rings. The quantitative estimate of drug-likeness (QED) is 0.386. The van der Waals surface area contributed by atoms with Crippen molar-refractivity contribution in [3.05, 3.63) is 35.8 Å². The third-order valence-corrected chi connectivity index (χ3v) is 4.66. The van der Waals surface area contributed by atoms with Crippen LogP contribution >= 0.6 is 0 Å². The molecule has 1 amide bonds. The Morgan fingerprint density at radius 2 is 1.78 bits per heavy atom. The fourth-order valence-electron chi connectivity index (χ4n) is 3.24. The van der Waals surface area contributed by atoms with Crippen LogP contribution in [-0.4, -0.2) is 57.0 Å². The van der Waals surface area contributed by atoms with Crippen molar-refractivity contribution in [3.63, 3.8) is 0 Å². The molecular formula is C22H30FN3O6. The van der Waals surface area contributed by atoms with Gasteiger partial charge in [-0.1, -0.05) is 6.07 Å². The fraction of sp³-hybridized carbons (Fsp3) is 0.500. The Balaban J connectivity index is 2.15. The van der Waals surface area contributed by atoms with E-state index in [0.29, 0.717) is 31.6 Å². The van der Waals surface area contributed by atoms with E-state index in [9.17, 15) is 18.8 Å². The van der Waals surface area contributed by atoms with Crippen molar-refractivity contribution in [1.29, 1.82) is 0 Å². The fourth-order valence-corrected chi connectivity index (χ4v) is 3.24. The predicted octanol–water partition coefficient (Wildman–Crippen LogP) is 2.96. The minimum absolute atomic E-state index is 0.103. The summed E-state index contributed by atoms with van der Waals surface area (Å²) in [5.41, 5.74) is -0.229. The molecule has 2 N–H and O–H groups in total. The number of nitrogens with zero attached hydrogens (tertiary/aromatic N) is 1. The number of rotatable bonds is 6. The molecule has 1 fully saturated rings. The van der Waals surface area contributed by atoms with Gasteiger partial charge in [0, 0.05) is 19.1 Å². The van der Waals surface area contributed by atoms with Crippen molar-refractivity contribution < 1.29 is 33.0 Å². The van der Waals surface area contributed by atoms with Gasteiger partial charge >= 0.3 is 18.0 Å². The van der Waals surface area contributed by atoms with Crippen LogP contribution in [0.2, 0.25) is 0 Å². The first-order chi connectivity index (χ1) is 15.0. The van der Waals surface area contributed by atoms with Crippen LogP contribution in [0.5, 0.6) is 0 Å². The van der Waals surface area contributed by atoms with Gasteiger partial charge in [0.2, 0.25) is 0 Å². The summed E-state index contributed by atoms with van der Waals surface area (Å²) in [4.78, 5) is 37.5. The van der Waals surface area contributed by atoms with Crippen LogP contribution in [0, 0.1) is 5.82 Å². The van der Waals surface area contributed by atoms with E-state index in [4.69, 9.17) is 9.47 Å². The zero-order valence-electron chi connectivity index (χ0n) is 19.0. The highest BCUT2D eigenvalue weighted by molar-refractivity contribution is 5.99. The molecule has 0 saturated carbocycles. The molecule has 9 nitrogen and oxygen atoms in total. The second kappa shape index (κ2) is 10.8. The lowest BCUT2D eigenvalue weighted by Gasteiger charge is -2.35. The highest BCUT2D eigenvalue weighted by Crippen LogP contribution is 2.32. The van der Waals surface area contributed by atoms with Gasteiger partial charge in [-0.05, 0) is 45.7 Å². The van der Waals surface area contributed by atoms with Crippen molar-refractivity contribution in [2.24, 2.45) is 0 Å². The highest BCUT2D eigenvalue weighted by atomic mass is 19.1. The third kappa shape index (κ3) is 7.14. The summed E-state index contributed by atoms with van der Waals surface area (Å²) in [7, 11) is 2.35. The van der Waals surface area contributed by atoms with E-state index >= 15 is 0 Å². The number of piperidine rings is 1. The largest absolute Gasteiger partial charge is 0.466 e. The molecule has 0 spiro atoms. The molecule has 0 bridgehead atoms. The summed E-state index contributed by atoms with van der Waals surface area (Å²) < 4.78 is 29.3. The van der Waals surface area contributed by atoms with E-state index in [-0.39, 0.29) is 17.4 Å². The first kappa shape index (κ1) is 25.0. The van der Waals surface area contributed by atoms with E-state index in [1.165, 1.54) is 26.4 Å². The van der Waals surface area contributed by atoms with E-state index in [0.717, 1.165) is 6.08 Å². The topological polar surface area (TPSA) is 106 Å². The number of alkyl carbamates (subject to hydrolysis) is 1. The lowest BCUT2D eigenvalue weighted by Crippen LogP contribution is -2.46. The molecule has 1 aromatic carbocycles. The number of hydrogen-bond donors (Lipinski definition) is 2. The van der Waals surface area contributed by atoms with E-state index in [1.807, 2.05) is 4.90 Å². The highest BCUT2D eigenvalue weighted by Gasteiger charge is 2.27. The van der Waals surface area contributed by atoms with E-state index < -0.39 is 29.5 Å². The molecule has 32 heavy (non-hydrogen) atoms. The normalized spacial score (nSPS) is 15.1. The number of methoxy groups -OCH3 is 2. The van der Waals surface area contributed by atoms with Crippen molar-refractivity contribution in [3.8, 4) is 0 Å². The predicted molar refractivity (Wildman–Crippen MR) is 117 cm³/mol. The number of halogens is 1. The van der Waals surface area contributed by atoms with Gasteiger partial charge in [-0.15, -0.1) is 0 Å². The molecule has 2 rings (SSSR count).